The minimum atomic E-state index is -0.529. The lowest BCUT2D eigenvalue weighted by Gasteiger charge is -2.64. The normalized spacial score (nSPS) is 38.6. The van der Waals surface area contributed by atoms with Gasteiger partial charge in [0.15, 0.2) is 6.29 Å². The van der Waals surface area contributed by atoms with Crippen LogP contribution in [0.2, 0.25) is 0 Å². The van der Waals surface area contributed by atoms with E-state index in [0.717, 1.165) is 32.0 Å². The van der Waals surface area contributed by atoms with Crippen molar-refractivity contribution >= 4 is 6.29 Å². The Kier molecular flexibility index (Phi) is 4.37. The zero-order valence-electron chi connectivity index (χ0n) is 17.3. The standard InChI is InChI=1S/C23H32O5/c1-13-5-6-18-21(2,3)19(27)7-8-22(18,4)23(13)10-15-17(26)9-14(11-24)16(12-25)20(15)28-23/h9,12-13,18-19,24,26-27H,5-8,10-11H2,1-4H3/t13-,18?,19-,22+,23-/m1/s1. The Labute approximate surface area is 166 Å². The van der Waals surface area contributed by atoms with Gasteiger partial charge in [0.2, 0.25) is 0 Å². The zero-order chi connectivity index (χ0) is 20.5. The topological polar surface area (TPSA) is 87.0 Å². The molecule has 1 spiro atoms. The summed E-state index contributed by atoms with van der Waals surface area (Å²) in [7, 11) is 0. The molecule has 0 radical (unpaired) electrons. The molecule has 0 amide bonds. The van der Waals surface area contributed by atoms with Crippen LogP contribution in [0.25, 0.3) is 0 Å². The maximum absolute atomic E-state index is 11.8. The summed E-state index contributed by atoms with van der Waals surface area (Å²) in [5.41, 5.74) is 0.492. The molecule has 5 heteroatoms. The molecule has 0 saturated heterocycles. The molecule has 1 aromatic carbocycles. The van der Waals surface area contributed by atoms with Gasteiger partial charge in [0, 0.05) is 17.4 Å². The summed E-state index contributed by atoms with van der Waals surface area (Å²) in [6.45, 7) is 8.47. The third-order valence-electron chi connectivity index (χ3n) is 8.61. The molecule has 2 fully saturated rings. The van der Waals surface area contributed by atoms with E-state index in [4.69, 9.17) is 4.74 Å². The molecule has 4 rings (SSSR count). The van der Waals surface area contributed by atoms with E-state index in [0.29, 0.717) is 28.9 Å². The molecule has 3 N–H and O–H groups in total. The van der Waals surface area contributed by atoms with Gasteiger partial charge in [-0.15, -0.1) is 0 Å². The minimum Gasteiger partial charge on any atom is -0.508 e. The number of rotatable bonds is 2. The molecule has 5 atom stereocenters. The maximum atomic E-state index is 11.8. The molecule has 2 aliphatic carbocycles. The number of carbonyl (C=O) groups is 1. The van der Waals surface area contributed by atoms with E-state index in [9.17, 15) is 20.1 Å². The van der Waals surface area contributed by atoms with E-state index in [1.165, 1.54) is 6.07 Å². The second-order valence-corrected chi connectivity index (χ2v) is 10.0. The van der Waals surface area contributed by atoms with Gasteiger partial charge in [-0.1, -0.05) is 27.7 Å². The molecule has 0 aromatic heterocycles. The van der Waals surface area contributed by atoms with E-state index in [-0.39, 0.29) is 41.1 Å². The van der Waals surface area contributed by atoms with Crippen LogP contribution in [0.4, 0.5) is 0 Å². The molecule has 0 bridgehead atoms. The maximum Gasteiger partial charge on any atom is 0.154 e. The number of carbonyl (C=O) groups excluding carboxylic acids is 1. The highest BCUT2D eigenvalue weighted by Gasteiger charge is 2.67. The fourth-order valence-electron chi connectivity index (χ4n) is 6.82. The van der Waals surface area contributed by atoms with Gasteiger partial charge in [0.05, 0.1) is 18.3 Å². The number of fused-ring (bicyclic) bond motifs is 3. The zero-order valence-corrected chi connectivity index (χ0v) is 17.3. The molecule has 1 heterocycles. The smallest absolute Gasteiger partial charge is 0.154 e. The van der Waals surface area contributed by atoms with Crippen molar-refractivity contribution in [3.63, 3.8) is 0 Å². The summed E-state index contributed by atoms with van der Waals surface area (Å²) in [6.07, 6.45) is 4.55. The largest absolute Gasteiger partial charge is 0.508 e. The molecule has 154 valence electrons. The first-order chi connectivity index (χ1) is 13.1. The number of phenolic OH excluding ortho intramolecular Hbond substituents is 1. The Balaban J connectivity index is 1.87. The SMILES string of the molecule is C[C@@H]1CCC2C(C)(C)[C@H](O)CC[C@]2(C)[C@@]12Cc1c(O)cc(CO)c(C=O)c1O2. The Morgan fingerprint density at radius 1 is 1.25 bits per heavy atom. The monoisotopic (exact) mass is 388 g/mol. The predicted octanol–water partition coefficient (Wildman–Crippen LogP) is 3.60. The third-order valence-corrected chi connectivity index (χ3v) is 8.61. The van der Waals surface area contributed by atoms with Crippen molar-refractivity contribution in [3.8, 4) is 11.5 Å². The molecule has 28 heavy (non-hydrogen) atoms. The lowest BCUT2D eigenvalue weighted by atomic mass is 9.43. The minimum absolute atomic E-state index is 0.0922. The van der Waals surface area contributed by atoms with E-state index in [1.54, 1.807) is 0 Å². The number of ether oxygens (including phenoxy) is 1. The number of phenols is 1. The number of benzene rings is 1. The fraction of sp³-hybridized carbons (Fsp3) is 0.696. The van der Waals surface area contributed by atoms with Gasteiger partial charge in [-0.2, -0.15) is 0 Å². The molecule has 5 nitrogen and oxygen atoms in total. The van der Waals surface area contributed by atoms with Crippen LogP contribution in [0.15, 0.2) is 6.07 Å². The van der Waals surface area contributed by atoms with Crippen molar-refractivity contribution in [3.05, 3.63) is 22.8 Å². The van der Waals surface area contributed by atoms with E-state index >= 15 is 0 Å². The van der Waals surface area contributed by atoms with Crippen LogP contribution in [-0.2, 0) is 13.0 Å². The summed E-state index contributed by atoms with van der Waals surface area (Å²) in [6, 6.07) is 1.49. The number of aliphatic hydroxyl groups is 2. The summed E-state index contributed by atoms with van der Waals surface area (Å²) in [5, 5.41) is 31.0. The number of aromatic hydroxyl groups is 1. The second-order valence-electron chi connectivity index (χ2n) is 10.0. The van der Waals surface area contributed by atoms with Gasteiger partial charge in [0.1, 0.15) is 17.1 Å². The summed E-state index contributed by atoms with van der Waals surface area (Å²) < 4.78 is 6.71. The van der Waals surface area contributed by atoms with Crippen LogP contribution < -0.4 is 4.74 Å². The van der Waals surface area contributed by atoms with E-state index < -0.39 is 5.60 Å². The van der Waals surface area contributed by atoms with Crippen LogP contribution >= 0.6 is 0 Å². The first-order valence-electron chi connectivity index (χ1n) is 10.4. The average Bonchev–Trinajstić information content (AvgIpc) is 3.06. The van der Waals surface area contributed by atoms with Crippen LogP contribution in [0.5, 0.6) is 11.5 Å². The third kappa shape index (κ3) is 2.29. The Hall–Kier alpha value is -1.59. The highest BCUT2D eigenvalue weighted by Crippen LogP contribution is 2.66. The Morgan fingerprint density at radius 3 is 2.61 bits per heavy atom. The van der Waals surface area contributed by atoms with Crippen LogP contribution in [-0.4, -0.2) is 33.3 Å². The van der Waals surface area contributed by atoms with Gasteiger partial charge < -0.3 is 20.1 Å². The van der Waals surface area contributed by atoms with Gasteiger partial charge in [-0.3, -0.25) is 4.79 Å². The van der Waals surface area contributed by atoms with Gasteiger partial charge in [0.25, 0.3) is 0 Å². The highest BCUT2D eigenvalue weighted by atomic mass is 16.5. The number of aliphatic hydroxyl groups excluding tert-OH is 2. The van der Waals surface area contributed by atoms with Gasteiger partial charge in [-0.05, 0) is 54.6 Å². The lowest BCUT2D eigenvalue weighted by molar-refractivity contribution is -0.210. The lowest BCUT2D eigenvalue weighted by Crippen LogP contribution is -2.66. The van der Waals surface area contributed by atoms with Crippen molar-refractivity contribution in [2.75, 3.05) is 0 Å². The Bertz CT molecular complexity index is 816. The Morgan fingerprint density at radius 2 is 1.96 bits per heavy atom. The van der Waals surface area contributed by atoms with Crippen LogP contribution in [0.1, 0.15) is 74.9 Å². The molecule has 1 aliphatic heterocycles. The molecular formula is C23H32O5. The van der Waals surface area contributed by atoms with Crippen molar-refractivity contribution in [1.29, 1.82) is 0 Å². The number of hydrogen-bond acceptors (Lipinski definition) is 5. The second kappa shape index (κ2) is 6.20. The fourth-order valence-corrected chi connectivity index (χ4v) is 6.82. The van der Waals surface area contributed by atoms with Crippen LogP contribution in [0.3, 0.4) is 0 Å². The van der Waals surface area contributed by atoms with E-state index in [2.05, 4.69) is 27.7 Å². The summed E-state index contributed by atoms with van der Waals surface area (Å²) >= 11 is 0. The molecule has 3 aliphatic rings. The first kappa shape index (κ1) is 19.7. The summed E-state index contributed by atoms with van der Waals surface area (Å²) in [4.78, 5) is 11.8. The van der Waals surface area contributed by atoms with Crippen molar-refractivity contribution in [2.24, 2.45) is 22.7 Å². The molecule has 2 saturated carbocycles. The molecule has 1 unspecified atom stereocenters. The number of hydrogen-bond donors (Lipinski definition) is 3. The quantitative estimate of drug-likeness (QED) is 0.674. The van der Waals surface area contributed by atoms with Gasteiger partial charge in [-0.25, -0.2) is 0 Å². The molecule has 1 aromatic rings. The average molecular weight is 389 g/mol. The van der Waals surface area contributed by atoms with Crippen molar-refractivity contribution in [1.82, 2.24) is 0 Å². The summed E-state index contributed by atoms with van der Waals surface area (Å²) in [5.74, 6) is 1.07. The predicted molar refractivity (Wildman–Crippen MR) is 105 cm³/mol. The number of aldehydes is 1. The highest BCUT2D eigenvalue weighted by molar-refractivity contribution is 5.84. The van der Waals surface area contributed by atoms with Crippen LogP contribution in [0, 0.1) is 22.7 Å². The van der Waals surface area contributed by atoms with Gasteiger partial charge >= 0.3 is 0 Å². The van der Waals surface area contributed by atoms with Crippen molar-refractivity contribution in [2.45, 2.75) is 78.1 Å². The molecular weight excluding hydrogens is 356 g/mol. The van der Waals surface area contributed by atoms with Crippen molar-refractivity contribution < 1.29 is 24.9 Å². The first-order valence-corrected chi connectivity index (χ1v) is 10.4. The van der Waals surface area contributed by atoms with E-state index in [1.807, 2.05) is 0 Å².